The predicted octanol–water partition coefficient (Wildman–Crippen LogP) is 3.30. The highest BCUT2D eigenvalue weighted by molar-refractivity contribution is 5.93. The number of anilines is 2. The third kappa shape index (κ3) is 5.81. The molecule has 1 N–H and O–H groups in total. The van der Waals surface area contributed by atoms with Gasteiger partial charge in [-0.1, -0.05) is 0 Å². The van der Waals surface area contributed by atoms with E-state index in [1.165, 1.54) is 6.92 Å². The van der Waals surface area contributed by atoms with Crippen molar-refractivity contribution in [3.63, 3.8) is 0 Å². The van der Waals surface area contributed by atoms with E-state index in [0.717, 1.165) is 35.6 Å². The number of carbonyl (C=O) groups is 2. The lowest BCUT2D eigenvalue weighted by Crippen LogP contribution is -2.34. The molecule has 1 aromatic heterocycles. The highest BCUT2D eigenvalue weighted by atomic mass is 16.2. The largest absolute Gasteiger partial charge is 0.372 e. The van der Waals surface area contributed by atoms with Crippen molar-refractivity contribution in [3.05, 3.63) is 53.9 Å². The molecule has 0 bridgehead atoms. The number of carbonyl (C=O) groups excluding carboxylic acids is 2. The number of nitrogens with one attached hydrogen (secondary N) is 1. The maximum atomic E-state index is 12.2. The van der Waals surface area contributed by atoms with E-state index >= 15 is 0 Å². The van der Waals surface area contributed by atoms with Crippen LogP contribution in [0.5, 0.6) is 0 Å². The number of pyridine rings is 1. The molecule has 2 rings (SSSR count). The van der Waals surface area contributed by atoms with Gasteiger partial charge in [0.1, 0.15) is 0 Å². The summed E-state index contributed by atoms with van der Waals surface area (Å²) in [6.07, 6.45) is 3.65. The van der Waals surface area contributed by atoms with Gasteiger partial charge in [0.25, 0.3) is 0 Å². The molecule has 0 aliphatic carbocycles. The first-order valence-electron chi connectivity index (χ1n) is 9.75. The summed E-state index contributed by atoms with van der Waals surface area (Å²) < 4.78 is 0. The van der Waals surface area contributed by atoms with Crippen molar-refractivity contribution >= 4 is 23.2 Å². The normalized spacial score (nSPS) is 10.4. The molecule has 2 amide bonds. The van der Waals surface area contributed by atoms with Crippen LogP contribution in [0.3, 0.4) is 0 Å². The Bertz CT molecular complexity index is 788. The van der Waals surface area contributed by atoms with Gasteiger partial charge in [-0.15, -0.1) is 0 Å². The van der Waals surface area contributed by atoms with Crippen LogP contribution in [-0.2, 0) is 16.1 Å². The lowest BCUT2D eigenvalue weighted by Gasteiger charge is -2.26. The molecule has 1 aromatic carbocycles. The van der Waals surface area contributed by atoms with E-state index in [9.17, 15) is 9.59 Å². The molecule has 0 saturated carbocycles. The summed E-state index contributed by atoms with van der Waals surface area (Å²) in [4.78, 5) is 32.3. The minimum atomic E-state index is -0.0829. The summed E-state index contributed by atoms with van der Waals surface area (Å²) in [5.74, 6) is -0.152. The van der Waals surface area contributed by atoms with Crippen LogP contribution in [-0.4, -0.2) is 36.4 Å². The van der Waals surface area contributed by atoms with Crippen LogP contribution in [0.25, 0.3) is 0 Å². The second-order valence-electron chi connectivity index (χ2n) is 6.70. The molecule has 0 radical (unpaired) electrons. The highest BCUT2D eigenvalue weighted by Crippen LogP contribution is 2.26. The van der Waals surface area contributed by atoms with E-state index < -0.39 is 0 Å². The lowest BCUT2D eigenvalue weighted by molar-refractivity contribution is -0.121. The standard InChI is InChI=1S/C22H30N4O2/c1-5-25(6-2)20-7-8-21(17(3)15-20)26(18(4)27)14-11-22(28)24-16-19-9-12-23-13-10-19/h7-10,12-13,15H,5-6,11,14,16H2,1-4H3,(H,24,28). The first-order chi connectivity index (χ1) is 13.5. The fourth-order valence-electron chi connectivity index (χ4n) is 3.18. The number of aromatic nitrogens is 1. The van der Waals surface area contributed by atoms with Crippen molar-refractivity contribution in [2.45, 2.75) is 40.7 Å². The van der Waals surface area contributed by atoms with Gasteiger partial charge in [0.05, 0.1) is 0 Å². The Balaban J connectivity index is 2.01. The van der Waals surface area contributed by atoms with Crippen molar-refractivity contribution in [2.24, 2.45) is 0 Å². The summed E-state index contributed by atoms with van der Waals surface area (Å²) in [5.41, 5.74) is 4.02. The van der Waals surface area contributed by atoms with E-state index in [0.29, 0.717) is 13.1 Å². The van der Waals surface area contributed by atoms with Gasteiger partial charge in [-0.3, -0.25) is 14.6 Å². The third-order valence-electron chi connectivity index (χ3n) is 4.78. The number of hydrogen-bond acceptors (Lipinski definition) is 4. The van der Waals surface area contributed by atoms with Gasteiger partial charge < -0.3 is 15.1 Å². The molecule has 28 heavy (non-hydrogen) atoms. The Kier molecular flexibility index (Phi) is 7.99. The zero-order chi connectivity index (χ0) is 20.5. The maximum absolute atomic E-state index is 12.2. The molecule has 0 aliphatic rings. The second kappa shape index (κ2) is 10.4. The smallest absolute Gasteiger partial charge is 0.223 e. The van der Waals surface area contributed by atoms with Crippen molar-refractivity contribution in [3.8, 4) is 0 Å². The average molecular weight is 383 g/mol. The van der Waals surface area contributed by atoms with Crippen LogP contribution in [0.4, 0.5) is 11.4 Å². The molecule has 0 spiro atoms. The molecule has 6 heteroatoms. The zero-order valence-corrected chi connectivity index (χ0v) is 17.2. The minimum Gasteiger partial charge on any atom is -0.372 e. The van der Waals surface area contributed by atoms with Crippen molar-refractivity contribution in [1.29, 1.82) is 0 Å². The molecule has 0 aliphatic heterocycles. The average Bonchev–Trinajstić information content (AvgIpc) is 2.69. The van der Waals surface area contributed by atoms with Gasteiger partial charge in [-0.2, -0.15) is 0 Å². The molecule has 0 unspecified atom stereocenters. The van der Waals surface area contributed by atoms with Crippen molar-refractivity contribution in [2.75, 3.05) is 29.4 Å². The Hall–Kier alpha value is -2.89. The van der Waals surface area contributed by atoms with E-state index in [4.69, 9.17) is 0 Å². The van der Waals surface area contributed by atoms with Gasteiger partial charge in [0.2, 0.25) is 11.8 Å². The topological polar surface area (TPSA) is 65.5 Å². The predicted molar refractivity (Wildman–Crippen MR) is 113 cm³/mol. The molecule has 0 saturated heterocycles. The van der Waals surface area contributed by atoms with Crippen LogP contribution in [0, 0.1) is 6.92 Å². The monoisotopic (exact) mass is 382 g/mol. The number of rotatable bonds is 9. The molecule has 6 nitrogen and oxygen atoms in total. The van der Waals surface area contributed by atoms with Gasteiger partial charge in [0.15, 0.2) is 0 Å². The van der Waals surface area contributed by atoms with Gasteiger partial charge >= 0.3 is 0 Å². The molecule has 150 valence electrons. The molecule has 1 heterocycles. The Morgan fingerprint density at radius 1 is 1.07 bits per heavy atom. The van der Waals surface area contributed by atoms with Crippen LogP contribution in [0.15, 0.2) is 42.7 Å². The fraction of sp³-hybridized carbons (Fsp3) is 0.409. The van der Waals surface area contributed by atoms with Gasteiger partial charge in [-0.25, -0.2) is 0 Å². The van der Waals surface area contributed by atoms with Crippen molar-refractivity contribution in [1.82, 2.24) is 10.3 Å². The summed E-state index contributed by atoms with van der Waals surface area (Å²) in [6.45, 7) is 10.5. The number of nitrogens with zero attached hydrogens (tertiary/aromatic N) is 3. The second-order valence-corrected chi connectivity index (χ2v) is 6.70. The van der Waals surface area contributed by atoms with E-state index in [1.807, 2.05) is 31.2 Å². The fourth-order valence-corrected chi connectivity index (χ4v) is 3.18. The van der Waals surface area contributed by atoms with E-state index in [2.05, 4.69) is 35.1 Å². The van der Waals surface area contributed by atoms with Crippen LogP contribution < -0.4 is 15.1 Å². The first kappa shape index (κ1) is 21.4. The molecular weight excluding hydrogens is 352 g/mol. The zero-order valence-electron chi connectivity index (χ0n) is 17.2. The van der Waals surface area contributed by atoms with Crippen LogP contribution >= 0.6 is 0 Å². The number of benzene rings is 1. The van der Waals surface area contributed by atoms with Crippen LogP contribution in [0.1, 0.15) is 38.3 Å². The maximum Gasteiger partial charge on any atom is 0.223 e. The van der Waals surface area contributed by atoms with Crippen molar-refractivity contribution < 1.29 is 9.59 Å². The Morgan fingerprint density at radius 3 is 2.32 bits per heavy atom. The van der Waals surface area contributed by atoms with Crippen LogP contribution in [0.2, 0.25) is 0 Å². The summed E-state index contributed by atoms with van der Waals surface area (Å²) in [7, 11) is 0. The van der Waals surface area contributed by atoms with E-state index in [-0.39, 0.29) is 18.2 Å². The highest BCUT2D eigenvalue weighted by Gasteiger charge is 2.16. The number of amides is 2. The molecule has 2 aromatic rings. The summed E-state index contributed by atoms with van der Waals surface area (Å²) in [6, 6.07) is 9.84. The summed E-state index contributed by atoms with van der Waals surface area (Å²) >= 11 is 0. The first-order valence-corrected chi connectivity index (χ1v) is 9.75. The molecular formula is C22H30N4O2. The number of aryl methyl sites for hydroxylation is 1. The minimum absolute atomic E-state index is 0.0689. The summed E-state index contributed by atoms with van der Waals surface area (Å²) in [5, 5.41) is 2.89. The van der Waals surface area contributed by atoms with E-state index in [1.54, 1.807) is 17.3 Å². The molecule has 0 atom stereocenters. The quantitative estimate of drug-likeness (QED) is 0.723. The SMILES string of the molecule is CCN(CC)c1ccc(N(CCC(=O)NCc2ccncc2)C(C)=O)c(C)c1. The third-order valence-corrected chi connectivity index (χ3v) is 4.78. The Labute approximate surface area is 167 Å². The Morgan fingerprint density at radius 2 is 1.75 bits per heavy atom. The van der Waals surface area contributed by atoms with Gasteiger partial charge in [0, 0.05) is 63.3 Å². The number of hydrogen-bond donors (Lipinski definition) is 1. The molecule has 0 fully saturated rings. The lowest BCUT2D eigenvalue weighted by atomic mass is 10.1. The van der Waals surface area contributed by atoms with Gasteiger partial charge in [-0.05, 0) is 62.2 Å².